The van der Waals surface area contributed by atoms with Gasteiger partial charge in [0, 0.05) is 12.2 Å². The van der Waals surface area contributed by atoms with Gasteiger partial charge in [-0.15, -0.1) is 0 Å². The molecule has 1 aromatic rings. The van der Waals surface area contributed by atoms with Crippen LogP contribution >= 0.6 is 0 Å². The van der Waals surface area contributed by atoms with E-state index in [4.69, 9.17) is 17.3 Å². The van der Waals surface area contributed by atoms with Crippen molar-refractivity contribution in [2.45, 2.75) is 102 Å². The average Bonchev–Trinajstić information content (AvgIpc) is 2.81. The van der Waals surface area contributed by atoms with Crippen molar-refractivity contribution in [1.29, 1.82) is 0 Å². The Labute approximate surface area is 191 Å². The normalized spacial score (nSPS) is 34.0. The maximum atomic E-state index is 6.63. The van der Waals surface area contributed by atoms with Gasteiger partial charge in [-0.3, -0.25) is 0 Å². The average molecular weight is 418 g/mol. The van der Waals surface area contributed by atoms with E-state index in [-0.39, 0.29) is 11.9 Å². The first-order valence-corrected chi connectivity index (χ1v) is 12.8. The zero-order valence-corrected chi connectivity index (χ0v) is 19.4. The molecule has 4 rings (SSSR count). The highest BCUT2D eigenvalue weighted by molar-refractivity contribution is 6.32. The summed E-state index contributed by atoms with van der Waals surface area (Å²) in [5, 5.41) is 0. The minimum Gasteiger partial charge on any atom is -0.353 e. The van der Waals surface area contributed by atoms with Crippen molar-refractivity contribution in [1.82, 2.24) is 0 Å². The van der Waals surface area contributed by atoms with Crippen LogP contribution in [0.15, 0.2) is 24.3 Å². The van der Waals surface area contributed by atoms with Crippen LogP contribution in [-0.4, -0.2) is 26.3 Å². The molecule has 166 valence electrons. The van der Waals surface area contributed by atoms with Crippen molar-refractivity contribution in [2.75, 3.05) is 6.61 Å². The van der Waals surface area contributed by atoms with Crippen LogP contribution in [0.2, 0.25) is 0 Å². The lowest BCUT2D eigenvalue weighted by atomic mass is 9.67. The van der Waals surface area contributed by atoms with Gasteiger partial charge in [0.2, 0.25) is 0 Å². The third kappa shape index (κ3) is 6.39. The maximum Gasteiger partial charge on any atom is 0.159 e. The van der Waals surface area contributed by atoms with Gasteiger partial charge in [-0.25, -0.2) is 0 Å². The van der Waals surface area contributed by atoms with E-state index >= 15 is 0 Å². The Kier molecular flexibility index (Phi) is 8.19. The van der Waals surface area contributed by atoms with Crippen molar-refractivity contribution in [2.24, 2.45) is 17.8 Å². The Balaban J connectivity index is 1.41. The molecule has 0 N–H and O–H groups in total. The van der Waals surface area contributed by atoms with Crippen LogP contribution in [0.5, 0.6) is 0 Å². The monoisotopic (exact) mass is 418 g/mol. The first-order valence-electron chi connectivity index (χ1n) is 12.8. The zero-order valence-electron chi connectivity index (χ0n) is 19.4. The van der Waals surface area contributed by atoms with Gasteiger partial charge in [0.15, 0.2) is 6.29 Å². The van der Waals surface area contributed by atoms with Crippen molar-refractivity contribution in [3.05, 3.63) is 29.8 Å². The summed E-state index contributed by atoms with van der Waals surface area (Å²) in [5.74, 6) is 9.73. The van der Waals surface area contributed by atoms with Crippen LogP contribution in [-0.2, 0) is 9.47 Å². The molecule has 1 aliphatic heterocycles. The van der Waals surface area contributed by atoms with Crippen LogP contribution < -0.4 is 5.46 Å². The number of rotatable bonds is 5. The lowest BCUT2D eigenvalue weighted by molar-refractivity contribution is -0.217. The highest BCUT2D eigenvalue weighted by Gasteiger charge is 2.40. The largest absolute Gasteiger partial charge is 0.353 e. The van der Waals surface area contributed by atoms with E-state index < -0.39 is 0 Å². The molecule has 3 aliphatic rings. The number of hydrogen-bond acceptors (Lipinski definition) is 2. The van der Waals surface area contributed by atoms with Gasteiger partial charge < -0.3 is 9.47 Å². The molecular weight excluding hydrogens is 379 g/mol. The first-order chi connectivity index (χ1) is 15.2. The summed E-state index contributed by atoms with van der Waals surface area (Å²) in [4.78, 5) is 0. The summed E-state index contributed by atoms with van der Waals surface area (Å²) in [6, 6.07) is 7.86. The molecule has 3 fully saturated rings. The Hall–Kier alpha value is -1.24. The summed E-state index contributed by atoms with van der Waals surface area (Å²) in [6.07, 6.45) is 16.3. The van der Waals surface area contributed by atoms with E-state index in [1.807, 2.05) is 24.3 Å². The number of benzene rings is 1. The molecule has 1 heterocycles. The summed E-state index contributed by atoms with van der Waals surface area (Å²) in [5.41, 5.74) is 1.43. The molecule has 0 spiro atoms. The Morgan fingerprint density at radius 1 is 0.968 bits per heavy atom. The molecule has 31 heavy (non-hydrogen) atoms. The van der Waals surface area contributed by atoms with E-state index in [2.05, 4.69) is 18.8 Å². The molecule has 2 nitrogen and oxygen atoms in total. The summed E-state index contributed by atoms with van der Waals surface area (Å²) in [6.45, 7) is 3.14. The molecular formula is C28H39BO2. The summed E-state index contributed by atoms with van der Waals surface area (Å²) < 4.78 is 12.6. The second-order valence-electron chi connectivity index (χ2n) is 10.2. The fourth-order valence-corrected chi connectivity index (χ4v) is 6.01. The minimum absolute atomic E-state index is 0.0875. The second kappa shape index (κ2) is 11.1. The van der Waals surface area contributed by atoms with E-state index in [1.165, 1.54) is 57.8 Å². The van der Waals surface area contributed by atoms with Gasteiger partial charge >= 0.3 is 0 Å². The fourth-order valence-electron chi connectivity index (χ4n) is 6.01. The predicted octanol–water partition coefficient (Wildman–Crippen LogP) is 5.91. The second-order valence-corrected chi connectivity index (χ2v) is 10.2. The van der Waals surface area contributed by atoms with Gasteiger partial charge in [0.25, 0.3) is 0 Å². The van der Waals surface area contributed by atoms with Gasteiger partial charge in [-0.1, -0.05) is 62.0 Å². The highest BCUT2D eigenvalue weighted by atomic mass is 16.7. The topological polar surface area (TPSA) is 18.5 Å². The molecule has 1 unspecified atom stereocenters. The lowest BCUT2D eigenvalue weighted by Crippen LogP contribution is -2.42. The van der Waals surface area contributed by atoms with Crippen molar-refractivity contribution >= 4 is 13.3 Å². The standard InChI is InChI=1S/C28H39BO2/c1-2-5-22-7-11-24(12-8-22)25-16-19-28(20-17-25,31-27-6-3-4-21-30-27)18-15-23-9-13-26(29)14-10-23/h9-10,13-14,22,24-25,27H,2-8,11-12,16-17,19-21H2,1H3. The molecule has 3 heteroatoms. The van der Waals surface area contributed by atoms with Gasteiger partial charge in [0.1, 0.15) is 13.4 Å². The Morgan fingerprint density at radius 3 is 2.32 bits per heavy atom. The molecule has 1 atom stereocenters. The Bertz CT molecular complexity index is 725. The van der Waals surface area contributed by atoms with E-state index in [1.54, 1.807) is 0 Å². The quantitative estimate of drug-likeness (QED) is 0.437. The van der Waals surface area contributed by atoms with Crippen LogP contribution in [0.25, 0.3) is 0 Å². The third-order valence-electron chi connectivity index (χ3n) is 7.93. The molecule has 1 aromatic carbocycles. The number of hydrogen-bond donors (Lipinski definition) is 0. The van der Waals surface area contributed by atoms with Crippen LogP contribution in [0.3, 0.4) is 0 Å². The molecule has 1 saturated heterocycles. The SMILES string of the molecule is [B]c1ccc(C#CC2(OC3CCCCO3)CCC(C3CCC(CCC)CC3)CC2)cc1. The minimum atomic E-state index is -0.362. The lowest BCUT2D eigenvalue weighted by Gasteiger charge is -2.43. The van der Waals surface area contributed by atoms with E-state index in [0.29, 0.717) is 0 Å². The molecule has 2 saturated carbocycles. The first kappa shape index (κ1) is 22.9. The van der Waals surface area contributed by atoms with E-state index in [9.17, 15) is 0 Å². The molecule has 0 aromatic heterocycles. The molecule has 0 amide bonds. The van der Waals surface area contributed by atoms with Gasteiger partial charge in [-0.05, 0) is 87.7 Å². The van der Waals surface area contributed by atoms with Crippen LogP contribution in [0.4, 0.5) is 0 Å². The van der Waals surface area contributed by atoms with E-state index in [0.717, 1.165) is 61.1 Å². The maximum absolute atomic E-state index is 6.63. The van der Waals surface area contributed by atoms with Gasteiger partial charge in [0.05, 0.1) is 0 Å². The fraction of sp³-hybridized carbons (Fsp3) is 0.714. The molecule has 2 radical (unpaired) electrons. The van der Waals surface area contributed by atoms with Crippen molar-refractivity contribution in [3.8, 4) is 11.8 Å². The highest BCUT2D eigenvalue weighted by Crippen LogP contribution is 2.44. The van der Waals surface area contributed by atoms with Crippen molar-refractivity contribution < 1.29 is 9.47 Å². The molecule has 0 bridgehead atoms. The summed E-state index contributed by atoms with van der Waals surface area (Å²) >= 11 is 0. The molecule has 2 aliphatic carbocycles. The van der Waals surface area contributed by atoms with Crippen molar-refractivity contribution in [3.63, 3.8) is 0 Å². The Morgan fingerprint density at radius 2 is 1.68 bits per heavy atom. The van der Waals surface area contributed by atoms with Crippen LogP contribution in [0.1, 0.15) is 96.0 Å². The van der Waals surface area contributed by atoms with Gasteiger partial charge in [-0.2, -0.15) is 0 Å². The predicted molar refractivity (Wildman–Crippen MR) is 128 cm³/mol. The summed E-state index contributed by atoms with van der Waals surface area (Å²) in [7, 11) is 5.84. The van der Waals surface area contributed by atoms with Crippen LogP contribution in [0, 0.1) is 29.6 Å². The smallest absolute Gasteiger partial charge is 0.159 e. The third-order valence-corrected chi connectivity index (χ3v) is 7.93. The zero-order chi connectivity index (χ0) is 21.5. The number of ether oxygens (including phenoxy) is 2.